The number of aromatic nitrogens is 3. The van der Waals surface area contributed by atoms with E-state index in [9.17, 15) is 9.90 Å². The van der Waals surface area contributed by atoms with Gasteiger partial charge in [0.1, 0.15) is 5.75 Å². The van der Waals surface area contributed by atoms with Crippen molar-refractivity contribution in [1.82, 2.24) is 15.2 Å². The topological polar surface area (TPSA) is 90.9 Å². The molecule has 6 nitrogen and oxygen atoms in total. The summed E-state index contributed by atoms with van der Waals surface area (Å²) in [6.45, 7) is 1.91. The molecule has 1 aromatic carbocycles. The third-order valence-corrected chi connectivity index (χ3v) is 5.52. The zero-order chi connectivity index (χ0) is 18.7. The molecule has 0 unspecified atom stereocenters. The Morgan fingerprint density at radius 2 is 2.23 bits per heavy atom. The third-order valence-electron chi connectivity index (χ3n) is 3.45. The molecule has 3 rings (SSSR count). The molecule has 0 spiro atoms. The average Bonchev–Trinajstić information content (AvgIpc) is 3.23. The van der Waals surface area contributed by atoms with E-state index in [1.54, 1.807) is 31.4 Å². The number of carbonyl (C=O) groups excluding carboxylic acids is 1. The van der Waals surface area contributed by atoms with Crippen molar-refractivity contribution in [2.24, 2.45) is 0 Å². The minimum Gasteiger partial charge on any atom is -0.544 e. The Morgan fingerprint density at radius 3 is 2.88 bits per heavy atom. The summed E-state index contributed by atoms with van der Waals surface area (Å²) in [5, 5.41) is 21.0. The van der Waals surface area contributed by atoms with Gasteiger partial charge >= 0.3 is 0 Å². The van der Waals surface area contributed by atoms with Gasteiger partial charge in [0.15, 0.2) is 5.82 Å². The lowest BCUT2D eigenvalue weighted by atomic mass is 10.2. The second-order valence-electron chi connectivity index (χ2n) is 5.18. The highest BCUT2D eigenvalue weighted by Crippen LogP contribution is 2.33. The van der Waals surface area contributed by atoms with E-state index in [1.807, 2.05) is 18.4 Å². The van der Waals surface area contributed by atoms with Crippen LogP contribution in [-0.2, 0) is 4.79 Å². The lowest BCUT2D eigenvalue weighted by Crippen LogP contribution is -2.23. The molecule has 0 aliphatic heterocycles. The number of carbonyl (C=O) groups is 1. The minimum atomic E-state index is -1.28. The Morgan fingerprint density at radius 1 is 1.42 bits per heavy atom. The first-order chi connectivity index (χ1) is 12.5. The maximum absolute atomic E-state index is 11.5. The number of nitrogens with one attached hydrogen (secondary N) is 1. The van der Waals surface area contributed by atoms with E-state index in [0.717, 1.165) is 22.2 Å². The summed E-state index contributed by atoms with van der Waals surface area (Å²) in [6, 6.07) is 7.04. The monoisotopic (exact) mass is 406 g/mol. The number of aliphatic carboxylic acids is 1. The molecule has 9 heteroatoms. The molecule has 0 fully saturated rings. The number of carboxylic acids is 1. The Bertz CT molecular complexity index is 981. The van der Waals surface area contributed by atoms with Crippen molar-refractivity contribution in [3.8, 4) is 17.1 Å². The van der Waals surface area contributed by atoms with E-state index < -0.39 is 5.97 Å². The fraction of sp³-hybridized carbons (Fsp3) is 0.118. The van der Waals surface area contributed by atoms with Gasteiger partial charge in [-0.3, -0.25) is 5.10 Å². The number of hydrogen-bond donors (Lipinski definition) is 1. The van der Waals surface area contributed by atoms with Crippen molar-refractivity contribution >= 4 is 46.7 Å². The van der Waals surface area contributed by atoms with Crippen LogP contribution < -0.4 is 9.84 Å². The van der Waals surface area contributed by atoms with Crippen molar-refractivity contribution in [3.63, 3.8) is 0 Å². The van der Waals surface area contributed by atoms with Crippen LogP contribution in [0.15, 0.2) is 39.7 Å². The highest BCUT2D eigenvalue weighted by molar-refractivity contribution is 8.04. The van der Waals surface area contributed by atoms with Crippen LogP contribution in [0.4, 0.5) is 0 Å². The summed E-state index contributed by atoms with van der Waals surface area (Å²) < 4.78 is 5.30. The van der Waals surface area contributed by atoms with E-state index in [2.05, 4.69) is 15.2 Å². The van der Waals surface area contributed by atoms with Crippen LogP contribution in [0.1, 0.15) is 10.4 Å². The molecule has 2 aromatic heterocycles. The second-order valence-corrected chi connectivity index (χ2v) is 7.57. The van der Waals surface area contributed by atoms with Gasteiger partial charge in [-0.15, -0.1) is 16.4 Å². The van der Waals surface area contributed by atoms with Crippen LogP contribution in [0.5, 0.6) is 5.75 Å². The molecule has 1 N–H and O–H groups in total. The molecule has 134 valence electrons. The molecule has 2 heterocycles. The van der Waals surface area contributed by atoms with Crippen molar-refractivity contribution < 1.29 is 14.6 Å². The van der Waals surface area contributed by atoms with Gasteiger partial charge in [-0.1, -0.05) is 11.6 Å². The Labute approximate surface area is 162 Å². The van der Waals surface area contributed by atoms with E-state index in [4.69, 9.17) is 16.3 Å². The zero-order valence-corrected chi connectivity index (χ0v) is 16.2. The van der Waals surface area contributed by atoms with Gasteiger partial charge in [0.2, 0.25) is 5.16 Å². The van der Waals surface area contributed by atoms with Crippen LogP contribution in [0, 0.1) is 6.92 Å². The summed E-state index contributed by atoms with van der Waals surface area (Å²) in [7, 11) is 1.54. The summed E-state index contributed by atoms with van der Waals surface area (Å²) >= 11 is 8.40. The molecule has 0 amide bonds. The molecule has 0 atom stereocenters. The fourth-order valence-corrected chi connectivity index (χ4v) is 3.95. The molecule has 0 bridgehead atoms. The van der Waals surface area contributed by atoms with Crippen molar-refractivity contribution in [2.75, 3.05) is 7.11 Å². The largest absolute Gasteiger partial charge is 0.544 e. The molecular weight excluding hydrogens is 394 g/mol. The van der Waals surface area contributed by atoms with Crippen molar-refractivity contribution in [1.29, 1.82) is 0 Å². The van der Waals surface area contributed by atoms with Gasteiger partial charge in [-0.2, -0.15) is 0 Å². The van der Waals surface area contributed by atoms with Gasteiger partial charge in [0, 0.05) is 14.8 Å². The summed E-state index contributed by atoms with van der Waals surface area (Å²) in [6.07, 6.45) is 1.57. The highest BCUT2D eigenvalue weighted by atomic mass is 35.5. The summed E-state index contributed by atoms with van der Waals surface area (Å²) in [5.41, 5.74) is 1.63. The fourth-order valence-electron chi connectivity index (χ4n) is 2.16. The molecule has 0 radical (unpaired) electrons. The molecule has 0 saturated carbocycles. The zero-order valence-electron chi connectivity index (χ0n) is 13.8. The van der Waals surface area contributed by atoms with Crippen LogP contribution in [0.3, 0.4) is 0 Å². The number of aryl methyl sites for hydroxylation is 1. The number of thiophene rings is 1. The third kappa shape index (κ3) is 4.09. The maximum atomic E-state index is 11.5. The summed E-state index contributed by atoms with van der Waals surface area (Å²) in [5.74, 6) is -0.279. The van der Waals surface area contributed by atoms with E-state index in [-0.39, 0.29) is 10.1 Å². The van der Waals surface area contributed by atoms with Crippen molar-refractivity contribution in [3.05, 3.63) is 50.0 Å². The summed E-state index contributed by atoms with van der Waals surface area (Å²) in [4.78, 5) is 16.7. The molecule has 26 heavy (non-hydrogen) atoms. The predicted molar refractivity (Wildman–Crippen MR) is 101 cm³/mol. The number of hydrogen-bond acceptors (Lipinski definition) is 7. The SMILES string of the molecule is COc1ccc(Cl)cc1-c1nc(S/C(=C\c2sccc2C)C(=O)[O-])n[nH]1. The second kappa shape index (κ2) is 7.94. The molecule has 0 saturated heterocycles. The quantitative estimate of drug-likeness (QED) is 0.498. The Kier molecular flexibility index (Phi) is 5.65. The number of benzene rings is 1. The van der Waals surface area contributed by atoms with Gasteiger partial charge in [-0.25, -0.2) is 4.98 Å². The average molecular weight is 407 g/mol. The number of carboxylic acid groups (broad SMARTS) is 1. The normalized spacial score (nSPS) is 11.6. The Hall–Kier alpha value is -2.29. The van der Waals surface area contributed by atoms with Gasteiger partial charge in [0.25, 0.3) is 0 Å². The van der Waals surface area contributed by atoms with Crippen LogP contribution in [0.2, 0.25) is 5.02 Å². The molecular formula is C17H13ClN3O3S2-. The van der Waals surface area contributed by atoms with Crippen LogP contribution >= 0.6 is 34.7 Å². The van der Waals surface area contributed by atoms with Crippen molar-refractivity contribution in [2.45, 2.75) is 12.1 Å². The number of halogens is 1. The predicted octanol–water partition coefficient (Wildman–Crippen LogP) is 3.39. The lowest BCUT2D eigenvalue weighted by Gasteiger charge is -2.06. The first-order valence-electron chi connectivity index (χ1n) is 7.39. The van der Waals surface area contributed by atoms with E-state index in [0.29, 0.717) is 22.2 Å². The highest BCUT2D eigenvalue weighted by Gasteiger charge is 2.14. The van der Waals surface area contributed by atoms with E-state index >= 15 is 0 Å². The first-order valence-corrected chi connectivity index (χ1v) is 9.46. The molecule has 0 aliphatic carbocycles. The van der Waals surface area contributed by atoms with Crippen LogP contribution in [-0.4, -0.2) is 28.3 Å². The van der Waals surface area contributed by atoms with Crippen LogP contribution in [0.25, 0.3) is 17.5 Å². The number of ether oxygens (including phenoxy) is 1. The number of nitrogens with zero attached hydrogens (tertiary/aromatic N) is 2. The van der Waals surface area contributed by atoms with Gasteiger partial charge < -0.3 is 14.6 Å². The lowest BCUT2D eigenvalue weighted by molar-refractivity contribution is -0.297. The molecule has 3 aromatic rings. The molecule has 0 aliphatic rings. The number of methoxy groups -OCH3 is 1. The number of rotatable bonds is 6. The van der Waals surface area contributed by atoms with Gasteiger partial charge in [-0.05, 0) is 60.0 Å². The number of aromatic amines is 1. The maximum Gasteiger partial charge on any atom is 0.213 e. The number of thioether (sulfide) groups is 1. The van der Waals surface area contributed by atoms with Gasteiger partial charge in [0.05, 0.1) is 18.6 Å². The standard InChI is InChI=1S/C17H14ClN3O3S2/c1-9-5-6-25-13(9)8-14(16(22)23)26-17-19-15(20-21-17)11-7-10(18)3-4-12(11)24-2/h3-8H,1-2H3,(H,22,23)(H,19,20,21)/p-1/b14-8-. The minimum absolute atomic E-state index is 0.0270. The number of H-pyrrole nitrogens is 1. The van der Waals surface area contributed by atoms with E-state index in [1.165, 1.54) is 11.3 Å². The smallest absolute Gasteiger partial charge is 0.213 e. The Balaban J connectivity index is 1.90. The first kappa shape index (κ1) is 18.5.